The number of rotatable bonds is 8. The summed E-state index contributed by atoms with van der Waals surface area (Å²) in [6.45, 7) is 0. The quantitative estimate of drug-likeness (QED) is 0.0629. The largest absolute Gasteiger partial charge is 1.00 e. The van der Waals surface area contributed by atoms with Crippen LogP contribution in [0.5, 0.6) is 0 Å². The van der Waals surface area contributed by atoms with Gasteiger partial charge in [-0.15, -0.1) is 0 Å². The van der Waals surface area contributed by atoms with E-state index < -0.39 is 47.4 Å². The van der Waals surface area contributed by atoms with Crippen LogP contribution in [-0.2, 0) is 20.2 Å². The Bertz CT molecular complexity index is 2160. The predicted molar refractivity (Wildman–Crippen MR) is 163 cm³/mol. The Morgan fingerprint density at radius 2 is 1.34 bits per heavy atom. The van der Waals surface area contributed by atoms with Crippen molar-refractivity contribution in [2.24, 2.45) is 15.3 Å². The molecule has 4 aromatic carbocycles. The zero-order valence-electron chi connectivity index (χ0n) is 24.7. The Morgan fingerprint density at radius 1 is 0.745 bits per heavy atom. The van der Waals surface area contributed by atoms with Crippen LogP contribution in [0.2, 0.25) is 0 Å². The Hall–Kier alpha value is -3.55. The predicted octanol–water partition coefficient (Wildman–Crippen LogP) is -1.60. The first-order valence-corrected chi connectivity index (χ1v) is 15.5. The Balaban J connectivity index is 0.00000300. The van der Waals surface area contributed by atoms with E-state index in [0.717, 1.165) is 18.2 Å². The van der Waals surface area contributed by atoms with Gasteiger partial charge in [0, 0.05) is 22.5 Å². The first-order chi connectivity index (χ1) is 21.3. The number of nitrogens with zero attached hydrogens (tertiary/aromatic N) is 3. The van der Waals surface area contributed by atoms with E-state index in [2.05, 4.69) is 26.1 Å². The Morgan fingerprint density at radius 3 is 1.91 bits per heavy atom. The van der Waals surface area contributed by atoms with Gasteiger partial charge in [-0.3, -0.25) is 15.0 Å². The van der Waals surface area contributed by atoms with Crippen molar-refractivity contribution in [3.8, 4) is 0 Å². The number of fused-ring (bicyclic) bond motifs is 1. The zero-order valence-corrected chi connectivity index (χ0v) is 30.4. The van der Waals surface area contributed by atoms with Crippen molar-refractivity contribution >= 4 is 72.2 Å². The molecule has 4 aromatic rings. The van der Waals surface area contributed by atoms with Gasteiger partial charge >= 0.3 is 59.1 Å². The summed E-state index contributed by atoms with van der Waals surface area (Å²) in [4.78, 5) is 24.6. The van der Waals surface area contributed by atoms with Gasteiger partial charge in [0.2, 0.25) is 5.78 Å². The summed E-state index contributed by atoms with van der Waals surface area (Å²) in [6.07, 6.45) is 1.01. The minimum atomic E-state index is -5.15. The molecule has 0 aromatic heterocycles. The molecule has 1 amide bonds. The number of anilines is 3. The van der Waals surface area contributed by atoms with Crippen LogP contribution in [0, 0.1) is 0 Å². The van der Waals surface area contributed by atoms with Gasteiger partial charge in [-0.1, -0.05) is 6.07 Å². The molecule has 0 heterocycles. The molecule has 0 atom stereocenters. The molecule has 228 valence electrons. The number of nitrogen functional groups attached to an aromatic ring is 1. The number of nitrogens with two attached hydrogens (primary N) is 1. The molecule has 0 fully saturated rings. The molecule has 4 N–H and O–H groups in total. The fourth-order valence-corrected chi connectivity index (χ4v) is 5.23. The van der Waals surface area contributed by atoms with Gasteiger partial charge in [-0.05, 0) is 96.6 Å². The topological polar surface area (TPSA) is 236 Å². The third-order valence-corrected chi connectivity index (χ3v) is 7.98. The number of benzene rings is 4. The second-order valence-corrected chi connectivity index (χ2v) is 12.2. The van der Waals surface area contributed by atoms with Crippen LogP contribution in [-0.4, -0.2) is 43.3 Å². The Labute approximate surface area is 313 Å². The number of hydrogen-bond acceptors (Lipinski definition) is 13. The molecule has 1 aliphatic carbocycles. The van der Waals surface area contributed by atoms with Crippen molar-refractivity contribution in [1.82, 2.24) is 0 Å². The van der Waals surface area contributed by atoms with Gasteiger partial charge in [-0.25, -0.2) is 16.8 Å². The molecule has 5 rings (SSSR count). The average Bonchev–Trinajstić information content (AvgIpc) is 2.99. The summed E-state index contributed by atoms with van der Waals surface area (Å²) < 4.78 is 69.4. The standard InChI is InChI=1S/C29H22N6O8S2.2Na/c30-19-3-1-2-17(14-19)29(37)31-23-10-13-25-18(15-23)16-26(45(41,42)43)27(28(25)36)35-34-21-6-4-20(5-7-21)32-33-22-8-11-24(12-9-22)44(38,39)40;;/h1-16,34H,30H2,(H,31,37)(H,38,39,40)(H,41,42,43);;/q;2*+1/p-2/b33-32?,35-27-;;. The second kappa shape index (κ2) is 15.6. The van der Waals surface area contributed by atoms with Crippen LogP contribution in [0.4, 0.5) is 28.4 Å². The van der Waals surface area contributed by atoms with E-state index in [4.69, 9.17) is 5.73 Å². The van der Waals surface area contributed by atoms with Gasteiger partial charge in [-0.2, -0.15) is 15.3 Å². The molecule has 0 radical (unpaired) electrons. The molecule has 0 bridgehead atoms. The number of carbonyl (C=O) groups excluding carboxylic acids is 2. The summed E-state index contributed by atoms with van der Waals surface area (Å²) in [5.74, 6) is -1.32. The number of Topliss-reactive ketones (excluding diaryl/α,β-unsaturated/α-hetero) is 1. The van der Waals surface area contributed by atoms with Crippen LogP contribution >= 0.6 is 0 Å². The molecule has 14 nitrogen and oxygen atoms in total. The Kier molecular flexibility index (Phi) is 12.6. The maximum absolute atomic E-state index is 13.2. The normalized spacial score (nSPS) is 13.6. The molecule has 1 aliphatic rings. The molecule has 0 unspecified atom stereocenters. The SMILES string of the molecule is Nc1cccc(C(=O)Nc2ccc3c(c2)C=C(S(=O)(=O)[O-])/C(=N/Nc2ccc(N=Nc4ccc(S(=O)(=O)[O-])cc4)cc2)C3=O)c1.[Na+].[Na+]. The van der Waals surface area contributed by atoms with E-state index in [0.29, 0.717) is 22.7 Å². The maximum atomic E-state index is 13.2. The summed E-state index contributed by atoms with van der Waals surface area (Å²) in [5.41, 5.74) is 9.70. The van der Waals surface area contributed by atoms with Crippen LogP contribution in [0.3, 0.4) is 0 Å². The van der Waals surface area contributed by atoms with Crippen molar-refractivity contribution in [3.63, 3.8) is 0 Å². The van der Waals surface area contributed by atoms with Gasteiger partial charge < -0.3 is 20.2 Å². The third kappa shape index (κ3) is 9.51. The van der Waals surface area contributed by atoms with Gasteiger partial charge in [0.15, 0.2) is 0 Å². The number of ketones is 1. The third-order valence-electron chi connectivity index (χ3n) is 6.28. The van der Waals surface area contributed by atoms with Crippen LogP contribution < -0.4 is 75.6 Å². The summed E-state index contributed by atoms with van der Waals surface area (Å²) in [5, 5.41) is 14.5. The summed E-state index contributed by atoms with van der Waals surface area (Å²) in [6, 6.07) is 21.3. The van der Waals surface area contributed by atoms with Gasteiger partial charge in [0.05, 0.1) is 26.9 Å². The number of allylic oxidation sites excluding steroid dienone is 1. The number of hydrogen-bond donors (Lipinski definition) is 3. The van der Waals surface area contributed by atoms with Crippen LogP contribution in [0.25, 0.3) is 6.08 Å². The fourth-order valence-electron chi connectivity index (χ4n) is 4.11. The van der Waals surface area contributed by atoms with E-state index in [1.54, 1.807) is 18.2 Å². The van der Waals surface area contributed by atoms with Crippen molar-refractivity contribution < 1.29 is 94.6 Å². The molecule has 47 heavy (non-hydrogen) atoms. The monoisotopic (exact) mass is 690 g/mol. The van der Waals surface area contributed by atoms with Crippen molar-refractivity contribution in [2.45, 2.75) is 4.90 Å². The first-order valence-electron chi connectivity index (χ1n) is 12.7. The second-order valence-electron chi connectivity index (χ2n) is 9.44. The van der Waals surface area contributed by atoms with E-state index in [9.17, 15) is 35.5 Å². The number of carbonyl (C=O) groups is 2. The number of azo groups is 1. The fraction of sp³-hybridized carbons (Fsp3) is 0. The molecule has 0 saturated heterocycles. The molecule has 0 aliphatic heterocycles. The smallest absolute Gasteiger partial charge is 0.744 e. The molecular formula is C29H20N6Na2O8S2. The van der Waals surface area contributed by atoms with Crippen LogP contribution in [0.15, 0.2) is 116 Å². The molecule has 18 heteroatoms. The first kappa shape index (κ1) is 37.9. The summed E-state index contributed by atoms with van der Waals surface area (Å²) >= 11 is 0. The average molecular weight is 691 g/mol. The van der Waals surface area contributed by atoms with Crippen molar-refractivity contribution in [3.05, 3.63) is 113 Å². The van der Waals surface area contributed by atoms with Gasteiger partial charge in [0.25, 0.3) is 5.91 Å². The number of hydrazone groups is 1. The number of nitrogens with one attached hydrogen (secondary N) is 2. The molecule has 0 saturated carbocycles. The van der Waals surface area contributed by atoms with E-state index in [1.807, 2.05) is 0 Å². The van der Waals surface area contributed by atoms with E-state index in [-0.39, 0.29) is 81.5 Å². The maximum Gasteiger partial charge on any atom is 1.00 e. The summed E-state index contributed by atoms with van der Waals surface area (Å²) in [7, 11) is -9.73. The minimum absolute atomic E-state index is 0. The molecule has 0 spiro atoms. The number of amides is 1. The zero-order chi connectivity index (χ0) is 32.4. The van der Waals surface area contributed by atoms with Crippen molar-refractivity contribution in [2.75, 3.05) is 16.5 Å². The molecular weight excluding hydrogens is 670 g/mol. The van der Waals surface area contributed by atoms with E-state index in [1.165, 1.54) is 60.7 Å². The van der Waals surface area contributed by atoms with Gasteiger partial charge in [0.1, 0.15) is 25.9 Å². The van der Waals surface area contributed by atoms with E-state index >= 15 is 0 Å². The van der Waals surface area contributed by atoms with Crippen LogP contribution in [0.1, 0.15) is 26.3 Å². The minimum Gasteiger partial charge on any atom is -0.744 e. The van der Waals surface area contributed by atoms with Crippen molar-refractivity contribution in [1.29, 1.82) is 0 Å².